The lowest BCUT2D eigenvalue weighted by molar-refractivity contribution is 1.27. The van der Waals surface area contributed by atoms with Gasteiger partial charge in [0.15, 0.2) is 0 Å². The maximum absolute atomic E-state index is 5.11. The number of hydrogen-bond acceptors (Lipinski definition) is 3. The topological polar surface area (TPSA) is 12.4 Å². The predicted molar refractivity (Wildman–Crippen MR) is 76.1 cm³/mol. The van der Waals surface area contributed by atoms with Crippen molar-refractivity contribution in [1.82, 2.24) is 0 Å². The first kappa shape index (κ1) is 11.6. The lowest BCUT2D eigenvalue weighted by Crippen LogP contribution is -1.96. The number of thiocarbonyl (C=S) groups is 1. The average molecular weight is 265 g/mol. The normalized spacial score (nSPS) is 11.7. The highest BCUT2D eigenvalue weighted by Gasteiger charge is 1.99. The van der Waals surface area contributed by atoms with Gasteiger partial charge in [-0.3, -0.25) is 0 Å². The van der Waals surface area contributed by atoms with Gasteiger partial charge in [-0.2, -0.15) is 0 Å². The molecule has 0 aliphatic rings. The Balaban J connectivity index is 2.34. The Bertz CT molecular complexity index is 537. The van der Waals surface area contributed by atoms with Crippen molar-refractivity contribution >= 4 is 37.9 Å². The third-order valence-corrected chi connectivity index (χ3v) is 4.74. The summed E-state index contributed by atoms with van der Waals surface area (Å²) in [6, 6.07) is 12.5. The fourth-order valence-corrected chi connectivity index (χ4v) is 3.56. The zero-order valence-electron chi connectivity index (χ0n) is 8.84. The summed E-state index contributed by atoms with van der Waals surface area (Å²) in [5.74, 6) is 0. The van der Waals surface area contributed by atoms with Gasteiger partial charge in [0.25, 0.3) is 0 Å². The molecule has 1 aromatic carbocycles. The van der Waals surface area contributed by atoms with Gasteiger partial charge in [0.05, 0.1) is 0 Å². The molecule has 0 saturated heterocycles. The van der Waals surface area contributed by atoms with Crippen LogP contribution in [0, 0.1) is 0 Å². The molecule has 4 heteroatoms. The standard InChI is InChI=1S/C12H11NS3/c1-2-11(14)13-12-8-10(15-16-12)9-6-4-3-5-7-9/h3-8H,2H2,1H3. The first-order valence-corrected chi connectivity index (χ1v) is 7.58. The van der Waals surface area contributed by atoms with Gasteiger partial charge in [-0.25, -0.2) is 4.99 Å². The summed E-state index contributed by atoms with van der Waals surface area (Å²) >= 11 is 5.11. The molecule has 1 aromatic heterocycles. The highest BCUT2D eigenvalue weighted by molar-refractivity contribution is 7.80. The van der Waals surface area contributed by atoms with E-state index >= 15 is 0 Å². The second-order valence-corrected chi connectivity index (χ2v) is 5.90. The van der Waals surface area contributed by atoms with E-state index in [9.17, 15) is 0 Å². The van der Waals surface area contributed by atoms with Crippen LogP contribution >= 0.6 is 32.9 Å². The van der Waals surface area contributed by atoms with Crippen LogP contribution in [0.15, 0.2) is 41.4 Å². The molecular formula is C12H11NS3. The molecule has 0 aliphatic carbocycles. The molecule has 0 unspecified atom stereocenters. The summed E-state index contributed by atoms with van der Waals surface area (Å²) in [6.07, 6.45) is 0.832. The quantitative estimate of drug-likeness (QED) is 0.588. The minimum absolute atomic E-state index is 0.772. The molecule has 16 heavy (non-hydrogen) atoms. The van der Waals surface area contributed by atoms with Gasteiger partial charge in [-0.1, -0.05) is 70.2 Å². The zero-order chi connectivity index (χ0) is 11.4. The minimum Gasteiger partial charge on any atom is -0.230 e. The van der Waals surface area contributed by atoms with Crippen LogP contribution in [0.1, 0.15) is 13.3 Å². The molecule has 1 nitrogen and oxygen atoms in total. The van der Waals surface area contributed by atoms with Gasteiger partial charge in [0, 0.05) is 4.88 Å². The lowest BCUT2D eigenvalue weighted by Gasteiger charge is -1.92. The van der Waals surface area contributed by atoms with Gasteiger partial charge in [-0.15, -0.1) is 0 Å². The largest absolute Gasteiger partial charge is 0.230 e. The maximum atomic E-state index is 5.11. The fourth-order valence-electron chi connectivity index (χ4n) is 1.23. The van der Waals surface area contributed by atoms with Crippen LogP contribution in [0.25, 0.3) is 10.4 Å². The van der Waals surface area contributed by atoms with Gasteiger partial charge >= 0.3 is 0 Å². The number of hydrogen-bond donors (Lipinski definition) is 0. The SMILES string of the molecule is CCC(=S)N=c1cc(-c2ccccc2)ss1. The van der Waals surface area contributed by atoms with E-state index in [1.807, 2.05) is 25.1 Å². The summed E-state index contributed by atoms with van der Waals surface area (Å²) in [5, 5.41) is 0. The molecular weight excluding hydrogens is 254 g/mol. The van der Waals surface area contributed by atoms with E-state index in [-0.39, 0.29) is 0 Å². The third-order valence-electron chi connectivity index (χ3n) is 2.07. The van der Waals surface area contributed by atoms with Crippen LogP contribution in [0.3, 0.4) is 0 Å². The summed E-state index contributed by atoms with van der Waals surface area (Å²) in [4.78, 5) is 6.41. The van der Waals surface area contributed by atoms with Gasteiger partial charge in [0.1, 0.15) is 9.66 Å². The van der Waals surface area contributed by atoms with E-state index in [1.54, 1.807) is 20.7 Å². The smallest absolute Gasteiger partial charge is 0.128 e. The van der Waals surface area contributed by atoms with Crippen molar-refractivity contribution in [3.05, 3.63) is 41.1 Å². The van der Waals surface area contributed by atoms with Crippen LogP contribution in [0.5, 0.6) is 0 Å². The van der Waals surface area contributed by atoms with Crippen LogP contribution in [0.4, 0.5) is 0 Å². The molecule has 0 aliphatic heterocycles. The van der Waals surface area contributed by atoms with Gasteiger partial charge in [-0.05, 0) is 18.1 Å². The maximum Gasteiger partial charge on any atom is 0.128 e. The molecule has 0 N–H and O–H groups in total. The molecule has 0 saturated carbocycles. The molecule has 0 fully saturated rings. The molecule has 1 heterocycles. The number of benzene rings is 1. The van der Waals surface area contributed by atoms with Crippen LogP contribution in [-0.4, -0.2) is 4.99 Å². The van der Waals surface area contributed by atoms with Gasteiger partial charge < -0.3 is 0 Å². The summed E-state index contributed by atoms with van der Waals surface area (Å²) in [5.41, 5.74) is 1.24. The van der Waals surface area contributed by atoms with E-state index in [1.165, 1.54) is 10.4 Å². The van der Waals surface area contributed by atoms with Gasteiger partial charge in [0.2, 0.25) is 0 Å². The predicted octanol–water partition coefficient (Wildman–Crippen LogP) is 4.11. The third kappa shape index (κ3) is 2.84. The number of nitrogens with zero attached hydrogens (tertiary/aromatic N) is 1. The Morgan fingerprint density at radius 1 is 1.25 bits per heavy atom. The van der Waals surface area contributed by atoms with E-state index in [4.69, 9.17) is 12.2 Å². The first-order valence-electron chi connectivity index (χ1n) is 5.02. The molecule has 2 aromatic rings. The zero-order valence-corrected chi connectivity index (χ0v) is 11.3. The average Bonchev–Trinajstić information content (AvgIpc) is 2.78. The lowest BCUT2D eigenvalue weighted by atomic mass is 10.2. The van der Waals surface area contributed by atoms with E-state index in [0.717, 1.165) is 16.1 Å². The highest BCUT2D eigenvalue weighted by Crippen LogP contribution is 2.24. The Labute approximate surface area is 108 Å². The second kappa shape index (κ2) is 5.48. The molecule has 0 bridgehead atoms. The van der Waals surface area contributed by atoms with Crippen molar-refractivity contribution in [2.75, 3.05) is 0 Å². The Morgan fingerprint density at radius 2 is 2.00 bits per heavy atom. The van der Waals surface area contributed by atoms with E-state index in [2.05, 4.69) is 23.2 Å². The number of rotatable bonds is 2. The Morgan fingerprint density at radius 3 is 2.69 bits per heavy atom. The van der Waals surface area contributed by atoms with Crippen molar-refractivity contribution in [2.24, 2.45) is 4.99 Å². The fraction of sp³-hybridized carbons (Fsp3) is 0.167. The van der Waals surface area contributed by atoms with Crippen molar-refractivity contribution in [3.63, 3.8) is 0 Å². The molecule has 82 valence electrons. The second-order valence-electron chi connectivity index (χ2n) is 3.24. The van der Waals surface area contributed by atoms with E-state index in [0.29, 0.717) is 0 Å². The van der Waals surface area contributed by atoms with Crippen molar-refractivity contribution in [3.8, 4) is 10.4 Å². The van der Waals surface area contributed by atoms with Crippen LogP contribution < -0.4 is 4.67 Å². The summed E-state index contributed by atoms with van der Waals surface area (Å²) in [6.45, 7) is 2.03. The molecule has 0 atom stereocenters. The molecule has 2 rings (SSSR count). The Kier molecular flexibility index (Phi) is 3.98. The minimum atomic E-state index is 0.772. The van der Waals surface area contributed by atoms with E-state index < -0.39 is 0 Å². The molecule has 0 amide bonds. The van der Waals surface area contributed by atoms with Crippen molar-refractivity contribution in [1.29, 1.82) is 0 Å². The monoisotopic (exact) mass is 265 g/mol. The summed E-state index contributed by atoms with van der Waals surface area (Å²) < 4.78 is 1.01. The summed E-state index contributed by atoms with van der Waals surface area (Å²) in [7, 11) is 3.42. The molecule has 0 spiro atoms. The highest BCUT2D eigenvalue weighted by atomic mass is 32.9. The first-order chi connectivity index (χ1) is 7.79. The van der Waals surface area contributed by atoms with Crippen LogP contribution in [0.2, 0.25) is 0 Å². The van der Waals surface area contributed by atoms with Crippen molar-refractivity contribution < 1.29 is 0 Å². The molecule has 0 radical (unpaired) electrons. The van der Waals surface area contributed by atoms with Crippen molar-refractivity contribution in [2.45, 2.75) is 13.3 Å². The van der Waals surface area contributed by atoms with Crippen LogP contribution in [-0.2, 0) is 0 Å². The Hall–Kier alpha value is -0.840.